The summed E-state index contributed by atoms with van der Waals surface area (Å²) in [6.45, 7) is 8.98. The maximum Gasteiger partial charge on any atom is 0.222 e. The molecule has 0 bridgehead atoms. The van der Waals surface area contributed by atoms with Crippen molar-refractivity contribution >= 4 is 11.9 Å². The van der Waals surface area contributed by atoms with Crippen molar-refractivity contribution in [3.8, 4) is 5.75 Å². The van der Waals surface area contributed by atoms with Crippen LogP contribution >= 0.6 is 0 Å². The summed E-state index contributed by atoms with van der Waals surface area (Å²) in [7, 11) is 1.73. The van der Waals surface area contributed by atoms with Crippen LogP contribution in [-0.4, -0.2) is 51.3 Å². The van der Waals surface area contributed by atoms with Crippen LogP contribution in [0.1, 0.15) is 37.8 Å². The van der Waals surface area contributed by atoms with Crippen molar-refractivity contribution in [2.24, 2.45) is 10.9 Å². The zero-order valence-corrected chi connectivity index (χ0v) is 17.5. The molecule has 1 aliphatic rings. The lowest BCUT2D eigenvalue weighted by atomic mass is 10.1. The van der Waals surface area contributed by atoms with Gasteiger partial charge in [0.1, 0.15) is 12.4 Å². The molecular weight excluding hydrogens is 356 g/mol. The fourth-order valence-corrected chi connectivity index (χ4v) is 2.87. The molecule has 0 saturated carbocycles. The molecule has 0 spiro atoms. The molecule has 2 rings (SSSR count). The van der Waals surface area contributed by atoms with Crippen molar-refractivity contribution in [1.82, 2.24) is 16.0 Å². The highest BCUT2D eigenvalue weighted by molar-refractivity contribution is 5.80. The molecular formula is C21H34N4O3. The fourth-order valence-electron chi connectivity index (χ4n) is 2.87. The Morgan fingerprint density at radius 3 is 2.75 bits per heavy atom. The SMILES string of the molecule is CN=C(NCCNC(=O)C(C)C)NCc1ccc(C)cc1OCC1CCCO1. The van der Waals surface area contributed by atoms with Crippen LogP contribution in [0.5, 0.6) is 5.75 Å². The number of ether oxygens (including phenoxy) is 2. The van der Waals surface area contributed by atoms with E-state index in [2.05, 4.69) is 46.1 Å². The second kappa shape index (κ2) is 11.5. The van der Waals surface area contributed by atoms with Crippen LogP contribution in [0.2, 0.25) is 0 Å². The molecule has 1 fully saturated rings. The van der Waals surface area contributed by atoms with Gasteiger partial charge in [0.25, 0.3) is 0 Å². The summed E-state index contributed by atoms with van der Waals surface area (Å²) in [5.74, 6) is 1.61. The number of carbonyl (C=O) groups excluding carboxylic acids is 1. The third kappa shape index (κ3) is 7.38. The quantitative estimate of drug-likeness (QED) is 0.341. The van der Waals surface area contributed by atoms with Crippen LogP contribution in [0.4, 0.5) is 0 Å². The fraction of sp³-hybridized carbons (Fsp3) is 0.619. The number of aliphatic imine (C=N–C) groups is 1. The highest BCUT2D eigenvalue weighted by atomic mass is 16.5. The van der Waals surface area contributed by atoms with E-state index in [9.17, 15) is 4.79 Å². The van der Waals surface area contributed by atoms with E-state index < -0.39 is 0 Å². The van der Waals surface area contributed by atoms with Crippen molar-refractivity contribution < 1.29 is 14.3 Å². The van der Waals surface area contributed by atoms with Gasteiger partial charge >= 0.3 is 0 Å². The van der Waals surface area contributed by atoms with Gasteiger partial charge in [-0.15, -0.1) is 0 Å². The molecule has 1 heterocycles. The van der Waals surface area contributed by atoms with Crippen LogP contribution in [0, 0.1) is 12.8 Å². The van der Waals surface area contributed by atoms with E-state index in [1.807, 2.05) is 13.8 Å². The number of nitrogens with zero attached hydrogens (tertiary/aromatic N) is 1. The number of hydrogen-bond donors (Lipinski definition) is 3. The van der Waals surface area contributed by atoms with Gasteiger partial charge in [-0.25, -0.2) is 0 Å². The Labute approximate surface area is 168 Å². The van der Waals surface area contributed by atoms with Crippen molar-refractivity contribution in [2.75, 3.05) is 33.4 Å². The molecule has 1 saturated heterocycles. The first-order valence-corrected chi connectivity index (χ1v) is 10.1. The molecule has 0 aliphatic carbocycles. The molecule has 1 unspecified atom stereocenters. The predicted molar refractivity (Wildman–Crippen MR) is 112 cm³/mol. The third-order valence-electron chi connectivity index (χ3n) is 4.58. The monoisotopic (exact) mass is 390 g/mol. The van der Waals surface area contributed by atoms with Gasteiger partial charge in [0.15, 0.2) is 5.96 Å². The van der Waals surface area contributed by atoms with Gasteiger partial charge in [-0.1, -0.05) is 26.0 Å². The van der Waals surface area contributed by atoms with E-state index in [0.717, 1.165) is 36.3 Å². The summed E-state index contributed by atoms with van der Waals surface area (Å²) in [4.78, 5) is 15.8. The Kier molecular flexibility index (Phi) is 9.07. The summed E-state index contributed by atoms with van der Waals surface area (Å²) < 4.78 is 11.7. The average Bonchev–Trinajstić information content (AvgIpc) is 3.20. The first kappa shape index (κ1) is 22.0. The van der Waals surface area contributed by atoms with Crippen LogP contribution in [-0.2, 0) is 16.1 Å². The summed E-state index contributed by atoms with van der Waals surface area (Å²) in [6.07, 6.45) is 2.36. The average molecular weight is 391 g/mol. The summed E-state index contributed by atoms with van der Waals surface area (Å²) in [5.41, 5.74) is 2.23. The summed E-state index contributed by atoms with van der Waals surface area (Å²) in [5, 5.41) is 9.38. The van der Waals surface area contributed by atoms with Gasteiger partial charge in [0, 0.05) is 44.8 Å². The van der Waals surface area contributed by atoms with Crippen LogP contribution in [0.3, 0.4) is 0 Å². The molecule has 7 nitrogen and oxygen atoms in total. The highest BCUT2D eigenvalue weighted by Gasteiger charge is 2.17. The molecule has 28 heavy (non-hydrogen) atoms. The zero-order valence-electron chi connectivity index (χ0n) is 17.5. The lowest BCUT2D eigenvalue weighted by molar-refractivity contribution is -0.123. The molecule has 1 amide bonds. The predicted octanol–water partition coefficient (Wildman–Crippen LogP) is 1.99. The summed E-state index contributed by atoms with van der Waals surface area (Å²) in [6, 6.07) is 6.21. The minimum atomic E-state index is -0.00738. The second-order valence-corrected chi connectivity index (χ2v) is 7.36. The van der Waals surface area contributed by atoms with E-state index in [1.165, 1.54) is 0 Å². The molecule has 1 aliphatic heterocycles. The third-order valence-corrected chi connectivity index (χ3v) is 4.58. The summed E-state index contributed by atoms with van der Waals surface area (Å²) >= 11 is 0. The van der Waals surface area contributed by atoms with Crippen molar-refractivity contribution in [2.45, 2.75) is 46.3 Å². The topological polar surface area (TPSA) is 84.0 Å². The first-order chi connectivity index (χ1) is 13.5. The molecule has 0 aromatic heterocycles. The number of rotatable bonds is 9. The number of nitrogens with one attached hydrogen (secondary N) is 3. The van der Waals surface area contributed by atoms with Gasteiger partial charge < -0.3 is 25.4 Å². The molecule has 1 aromatic rings. The largest absolute Gasteiger partial charge is 0.491 e. The standard InChI is InChI=1S/C21H34N4O3/c1-15(2)20(26)23-9-10-24-21(22-4)25-13-17-8-7-16(3)12-19(17)28-14-18-6-5-11-27-18/h7-8,12,15,18H,5-6,9-11,13-14H2,1-4H3,(H,23,26)(H2,22,24,25). The van der Waals surface area contributed by atoms with E-state index in [-0.39, 0.29) is 17.9 Å². The zero-order chi connectivity index (χ0) is 20.4. The van der Waals surface area contributed by atoms with Gasteiger partial charge in [-0.05, 0) is 31.4 Å². The van der Waals surface area contributed by atoms with Crippen LogP contribution in [0.15, 0.2) is 23.2 Å². The van der Waals surface area contributed by atoms with Crippen molar-refractivity contribution in [1.29, 1.82) is 0 Å². The minimum absolute atomic E-state index is 0.00738. The second-order valence-electron chi connectivity index (χ2n) is 7.36. The van der Waals surface area contributed by atoms with Crippen molar-refractivity contribution in [3.63, 3.8) is 0 Å². The Balaban J connectivity index is 1.81. The van der Waals surface area contributed by atoms with E-state index in [4.69, 9.17) is 9.47 Å². The van der Waals surface area contributed by atoms with Crippen LogP contribution < -0.4 is 20.7 Å². The van der Waals surface area contributed by atoms with Gasteiger partial charge in [-0.3, -0.25) is 9.79 Å². The maximum absolute atomic E-state index is 11.6. The number of aryl methyl sites for hydroxylation is 1. The lowest BCUT2D eigenvalue weighted by Crippen LogP contribution is -2.41. The molecule has 1 atom stereocenters. The van der Waals surface area contributed by atoms with Gasteiger partial charge in [0.05, 0.1) is 6.10 Å². The van der Waals surface area contributed by atoms with Gasteiger partial charge in [-0.2, -0.15) is 0 Å². The maximum atomic E-state index is 11.6. The van der Waals surface area contributed by atoms with Gasteiger partial charge in [0.2, 0.25) is 5.91 Å². The lowest BCUT2D eigenvalue weighted by Gasteiger charge is -2.17. The number of guanidine groups is 1. The number of hydrogen-bond acceptors (Lipinski definition) is 4. The smallest absolute Gasteiger partial charge is 0.222 e. The molecule has 7 heteroatoms. The first-order valence-electron chi connectivity index (χ1n) is 10.1. The Hall–Kier alpha value is -2.28. The van der Waals surface area contributed by atoms with Crippen LogP contribution in [0.25, 0.3) is 0 Å². The molecule has 156 valence electrons. The molecule has 0 radical (unpaired) electrons. The van der Waals surface area contributed by atoms with E-state index in [0.29, 0.717) is 32.2 Å². The van der Waals surface area contributed by atoms with E-state index in [1.54, 1.807) is 7.05 Å². The Morgan fingerprint density at radius 2 is 2.07 bits per heavy atom. The van der Waals surface area contributed by atoms with Crippen molar-refractivity contribution in [3.05, 3.63) is 29.3 Å². The normalized spacial score (nSPS) is 16.9. The number of carbonyl (C=O) groups is 1. The number of benzene rings is 1. The number of amides is 1. The molecule has 3 N–H and O–H groups in total. The Morgan fingerprint density at radius 1 is 1.29 bits per heavy atom. The minimum Gasteiger partial charge on any atom is -0.491 e. The Bertz CT molecular complexity index is 655. The highest BCUT2D eigenvalue weighted by Crippen LogP contribution is 2.22. The van der Waals surface area contributed by atoms with E-state index >= 15 is 0 Å². The molecule has 1 aromatic carbocycles.